The lowest BCUT2D eigenvalue weighted by Gasteiger charge is -2.08. The van der Waals surface area contributed by atoms with Crippen molar-refractivity contribution in [2.24, 2.45) is 0 Å². The van der Waals surface area contributed by atoms with Crippen LogP contribution in [0.15, 0.2) is 30.5 Å². The fourth-order valence-electron chi connectivity index (χ4n) is 1.58. The second-order valence-electron chi connectivity index (χ2n) is 3.60. The largest absolute Gasteiger partial charge is 0.491 e. The Kier molecular flexibility index (Phi) is 3.23. The molecule has 0 aromatic carbocycles. The van der Waals surface area contributed by atoms with E-state index in [1.54, 1.807) is 20.4 Å². The monoisotopic (exact) mass is 230 g/mol. The Labute approximate surface area is 100 Å². The van der Waals surface area contributed by atoms with Gasteiger partial charge in [-0.1, -0.05) is 6.07 Å². The Morgan fingerprint density at radius 3 is 2.59 bits per heavy atom. The van der Waals surface area contributed by atoms with Gasteiger partial charge >= 0.3 is 0 Å². The van der Waals surface area contributed by atoms with Crippen molar-refractivity contribution in [2.45, 2.75) is 6.92 Å². The summed E-state index contributed by atoms with van der Waals surface area (Å²) in [5, 5.41) is 0. The second-order valence-corrected chi connectivity index (χ2v) is 3.60. The maximum atomic E-state index is 5.21. The molecule has 0 saturated carbocycles. The predicted molar refractivity (Wildman–Crippen MR) is 65.3 cm³/mol. The lowest BCUT2D eigenvalue weighted by Crippen LogP contribution is -1.95. The topological polar surface area (TPSA) is 44.2 Å². The van der Waals surface area contributed by atoms with E-state index in [9.17, 15) is 0 Å². The van der Waals surface area contributed by atoms with E-state index in [1.807, 2.05) is 31.2 Å². The van der Waals surface area contributed by atoms with Crippen LogP contribution in [-0.2, 0) is 0 Å². The molecule has 0 radical (unpaired) electrons. The summed E-state index contributed by atoms with van der Waals surface area (Å²) >= 11 is 0. The van der Waals surface area contributed by atoms with Crippen molar-refractivity contribution in [3.05, 3.63) is 36.2 Å². The van der Waals surface area contributed by atoms with Gasteiger partial charge in [0.25, 0.3) is 5.88 Å². The Morgan fingerprint density at radius 2 is 1.94 bits per heavy atom. The van der Waals surface area contributed by atoms with Crippen LogP contribution in [0.1, 0.15) is 5.69 Å². The summed E-state index contributed by atoms with van der Waals surface area (Å²) < 4.78 is 10.3. The maximum absolute atomic E-state index is 5.21. The number of methoxy groups -OCH3 is 2. The number of rotatable bonds is 3. The quantitative estimate of drug-likeness (QED) is 0.812. The second kappa shape index (κ2) is 4.82. The normalized spacial score (nSPS) is 10.1. The molecule has 2 heterocycles. The summed E-state index contributed by atoms with van der Waals surface area (Å²) in [6, 6.07) is 7.73. The molecular weight excluding hydrogens is 216 g/mol. The number of hydrogen-bond acceptors (Lipinski definition) is 4. The first-order valence-electron chi connectivity index (χ1n) is 5.26. The highest BCUT2D eigenvalue weighted by atomic mass is 16.5. The van der Waals surface area contributed by atoms with Crippen LogP contribution in [0.2, 0.25) is 0 Å². The van der Waals surface area contributed by atoms with Crippen LogP contribution >= 0.6 is 0 Å². The first-order chi connectivity index (χ1) is 8.24. The van der Waals surface area contributed by atoms with Gasteiger partial charge in [-0.2, -0.15) is 0 Å². The minimum atomic E-state index is 0.476. The number of aryl methyl sites for hydroxylation is 1. The van der Waals surface area contributed by atoms with Gasteiger partial charge in [0.1, 0.15) is 0 Å². The first kappa shape index (κ1) is 11.4. The molecule has 0 fully saturated rings. The van der Waals surface area contributed by atoms with Crippen molar-refractivity contribution in [3.63, 3.8) is 0 Å². The van der Waals surface area contributed by atoms with Crippen LogP contribution in [-0.4, -0.2) is 24.2 Å². The smallest absolute Gasteiger partial charge is 0.256 e. The molecule has 2 aromatic rings. The SMILES string of the molecule is COc1cc(-c2cccc(C)n2)cnc1OC. The van der Waals surface area contributed by atoms with Crippen molar-refractivity contribution in [1.82, 2.24) is 9.97 Å². The number of nitrogens with zero attached hydrogens (tertiary/aromatic N) is 2. The van der Waals surface area contributed by atoms with Gasteiger partial charge in [-0.25, -0.2) is 4.98 Å². The summed E-state index contributed by atoms with van der Waals surface area (Å²) in [7, 11) is 3.16. The third-order valence-electron chi connectivity index (χ3n) is 2.42. The van der Waals surface area contributed by atoms with E-state index in [0.717, 1.165) is 17.0 Å². The molecule has 0 spiro atoms. The molecule has 2 rings (SSSR count). The van der Waals surface area contributed by atoms with Gasteiger partial charge in [0.15, 0.2) is 5.75 Å². The summed E-state index contributed by atoms with van der Waals surface area (Å²) in [6.45, 7) is 1.96. The van der Waals surface area contributed by atoms with Gasteiger partial charge in [0.2, 0.25) is 0 Å². The third-order valence-corrected chi connectivity index (χ3v) is 2.42. The molecule has 17 heavy (non-hydrogen) atoms. The van der Waals surface area contributed by atoms with E-state index in [4.69, 9.17) is 9.47 Å². The minimum Gasteiger partial charge on any atom is -0.491 e. The van der Waals surface area contributed by atoms with Gasteiger partial charge in [-0.05, 0) is 25.1 Å². The van der Waals surface area contributed by atoms with Gasteiger partial charge in [-0.3, -0.25) is 4.98 Å². The number of hydrogen-bond donors (Lipinski definition) is 0. The molecule has 0 bridgehead atoms. The summed E-state index contributed by atoms with van der Waals surface area (Å²) in [5.41, 5.74) is 2.75. The van der Waals surface area contributed by atoms with Crippen molar-refractivity contribution in [3.8, 4) is 22.9 Å². The third kappa shape index (κ3) is 2.36. The average Bonchev–Trinajstić information content (AvgIpc) is 2.38. The van der Waals surface area contributed by atoms with E-state index in [2.05, 4.69) is 9.97 Å². The van der Waals surface area contributed by atoms with Gasteiger partial charge in [0.05, 0.1) is 19.9 Å². The molecular formula is C13H14N2O2. The lowest BCUT2D eigenvalue weighted by molar-refractivity contribution is 0.343. The highest BCUT2D eigenvalue weighted by Crippen LogP contribution is 2.28. The standard InChI is InChI=1S/C13H14N2O2/c1-9-5-4-6-11(15-9)10-7-12(16-2)13(17-3)14-8-10/h4-8H,1-3H3. The van der Waals surface area contributed by atoms with Crippen molar-refractivity contribution in [2.75, 3.05) is 14.2 Å². The van der Waals surface area contributed by atoms with Crippen molar-refractivity contribution >= 4 is 0 Å². The van der Waals surface area contributed by atoms with Crippen LogP contribution in [0.3, 0.4) is 0 Å². The Morgan fingerprint density at radius 1 is 1.12 bits per heavy atom. The zero-order chi connectivity index (χ0) is 12.3. The van der Waals surface area contributed by atoms with E-state index in [0.29, 0.717) is 11.6 Å². The molecule has 2 aromatic heterocycles. The zero-order valence-electron chi connectivity index (χ0n) is 10.1. The molecule has 0 N–H and O–H groups in total. The number of aromatic nitrogens is 2. The van der Waals surface area contributed by atoms with Gasteiger partial charge < -0.3 is 9.47 Å². The predicted octanol–water partition coefficient (Wildman–Crippen LogP) is 2.47. The van der Waals surface area contributed by atoms with Gasteiger partial charge in [0, 0.05) is 17.5 Å². The summed E-state index contributed by atoms with van der Waals surface area (Å²) in [4.78, 5) is 8.62. The maximum Gasteiger partial charge on any atom is 0.256 e. The highest BCUT2D eigenvalue weighted by Gasteiger charge is 2.08. The summed E-state index contributed by atoms with van der Waals surface area (Å²) in [5.74, 6) is 1.08. The van der Waals surface area contributed by atoms with Crippen LogP contribution in [0.25, 0.3) is 11.3 Å². The van der Waals surface area contributed by atoms with Crippen LogP contribution in [0.5, 0.6) is 11.6 Å². The molecule has 4 heteroatoms. The molecule has 0 saturated heterocycles. The van der Waals surface area contributed by atoms with Crippen LogP contribution in [0.4, 0.5) is 0 Å². The van der Waals surface area contributed by atoms with E-state index in [1.165, 1.54) is 0 Å². The van der Waals surface area contributed by atoms with Crippen LogP contribution in [0, 0.1) is 6.92 Å². The minimum absolute atomic E-state index is 0.476. The molecule has 0 amide bonds. The molecule has 0 atom stereocenters. The van der Waals surface area contributed by atoms with Crippen LogP contribution < -0.4 is 9.47 Å². The number of pyridine rings is 2. The zero-order valence-corrected chi connectivity index (χ0v) is 10.1. The molecule has 0 aliphatic carbocycles. The van der Waals surface area contributed by atoms with Crippen molar-refractivity contribution in [1.29, 1.82) is 0 Å². The molecule has 0 aliphatic rings. The first-order valence-corrected chi connectivity index (χ1v) is 5.26. The molecule has 88 valence electrons. The molecule has 0 unspecified atom stereocenters. The van der Waals surface area contributed by atoms with E-state index in [-0.39, 0.29) is 0 Å². The van der Waals surface area contributed by atoms with Gasteiger partial charge in [-0.15, -0.1) is 0 Å². The highest BCUT2D eigenvalue weighted by molar-refractivity contribution is 5.61. The molecule has 4 nitrogen and oxygen atoms in total. The lowest BCUT2D eigenvalue weighted by atomic mass is 10.2. The number of ether oxygens (including phenoxy) is 2. The molecule has 0 aliphatic heterocycles. The van der Waals surface area contributed by atoms with Crippen molar-refractivity contribution < 1.29 is 9.47 Å². The van der Waals surface area contributed by atoms with E-state index < -0.39 is 0 Å². The Balaban J connectivity index is 2.46. The summed E-state index contributed by atoms with van der Waals surface area (Å²) in [6.07, 6.45) is 1.73. The Bertz CT molecular complexity index is 527. The fraction of sp³-hybridized carbons (Fsp3) is 0.231. The average molecular weight is 230 g/mol. The Hall–Kier alpha value is -2.10. The van der Waals surface area contributed by atoms with E-state index >= 15 is 0 Å². The fourth-order valence-corrected chi connectivity index (χ4v) is 1.58.